The van der Waals surface area contributed by atoms with Gasteiger partial charge >= 0.3 is 0 Å². The molecule has 0 spiro atoms. The fourth-order valence-electron chi connectivity index (χ4n) is 3.62. The largest absolute Gasteiger partial charge is 0.355 e. The van der Waals surface area contributed by atoms with Crippen molar-refractivity contribution >= 4 is 17.4 Å². The van der Waals surface area contributed by atoms with E-state index in [0.29, 0.717) is 6.04 Å². The summed E-state index contributed by atoms with van der Waals surface area (Å²) in [5.41, 5.74) is 3.96. The molecule has 1 aliphatic heterocycles. The van der Waals surface area contributed by atoms with Crippen molar-refractivity contribution in [3.63, 3.8) is 0 Å². The molecule has 0 bridgehead atoms. The summed E-state index contributed by atoms with van der Waals surface area (Å²) in [6.45, 7) is 6.44. The van der Waals surface area contributed by atoms with Gasteiger partial charge in [-0.2, -0.15) is 0 Å². The van der Waals surface area contributed by atoms with Gasteiger partial charge in [-0.15, -0.1) is 0 Å². The Balaban J connectivity index is 1.45. The number of rotatable bonds is 5. The zero-order valence-electron chi connectivity index (χ0n) is 16.4. The first-order chi connectivity index (χ1) is 13.6. The van der Waals surface area contributed by atoms with Crippen LogP contribution in [0.2, 0.25) is 0 Å². The Morgan fingerprint density at radius 2 is 2.14 bits per heavy atom. The second-order valence-electron chi connectivity index (χ2n) is 7.15. The summed E-state index contributed by atoms with van der Waals surface area (Å²) >= 11 is 0. The van der Waals surface area contributed by atoms with Crippen molar-refractivity contribution in [3.8, 4) is 0 Å². The minimum absolute atomic E-state index is 0.225. The van der Waals surface area contributed by atoms with E-state index in [1.807, 2.05) is 44.4 Å². The van der Waals surface area contributed by atoms with Crippen molar-refractivity contribution in [2.24, 2.45) is 0 Å². The number of nitrogens with zero attached hydrogens (tertiary/aromatic N) is 5. The standard InChI is InChI=1S/C20H25N7O/c1-13-14(2)24-18(20(28)21-3)25-19(13)26-9-7-15(12-26)22-10-16-11-23-17-6-4-5-8-27(16)17/h4-6,8,11,15,22H,7,9-10,12H2,1-3H3,(H,21,28)/t15-/m1/s1. The SMILES string of the molecule is CNC(=O)c1nc(C)c(C)c(N2CC[C@@H](NCc3cnc4ccccn34)C2)n1. The molecule has 1 amide bonds. The lowest BCUT2D eigenvalue weighted by Crippen LogP contribution is -2.33. The van der Waals surface area contributed by atoms with E-state index in [1.54, 1.807) is 7.05 Å². The topological polar surface area (TPSA) is 87.5 Å². The maximum Gasteiger partial charge on any atom is 0.288 e. The molecule has 0 radical (unpaired) electrons. The van der Waals surface area contributed by atoms with Gasteiger partial charge in [-0.1, -0.05) is 6.07 Å². The van der Waals surface area contributed by atoms with E-state index in [1.165, 1.54) is 0 Å². The van der Waals surface area contributed by atoms with Crippen LogP contribution in [0.15, 0.2) is 30.6 Å². The van der Waals surface area contributed by atoms with Crippen LogP contribution in [0.3, 0.4) is 0 Å². The Bertz CT molecular complexity index is 1010. The molecule has 3 aromatic rings. The number of carbonyl (C=O) groups excluding carboxylic acids is 1. The zero-order chi connectivity index (χ0) is 19.7. The lowest BCUT2D eigenvalue weighted by atomic mass is 10.2. The number of anilines is 1. The lowest BCUT2D eigenvalue weighted by Gasteiger charge is -2.21. The zero-order valence-corrected chi connectivity index (χ0v) is 16.4. The number of aromatic nitrogens is 4. The monoisotopic (exact) mass is 379 g/mol. The molecule has 4 rings (SSSR count). The molecule has 0 saturated carbocycles. The van der Waals surface area contributed by atoms with Crippen LogP contribution in [0.5, 0.6) is 0 Å². The summed E-state index contributed by atoms with van der Waals surface area (Å²) < 4.78 is 2.10. The molecular weight excluding hydrogens is 354 g/mol. The Labute approximate surface area is 164 Å². The van der Waals surface area contributed by atoms with E-state index in [-0.39, 0.29) is 11.7 Å². The number of hydrogen-bond acceptors (Lipinski definition) is 6. The van der Waals surface area contributed by atoms with Gasteiger partial charge in [0.25, 0.3) is 5.91 Å². The van der Waals surface area contributed by atoms with Crippen LogP contribution in [0.4, 0.5) is 5.82 Å². The highest BCUT2D eigenvalue weighted by molar-refractivity contribution is 5.90. The highest BCUT2D eigenvalue weighted by Gasteiger charge is 2.26. The minimum Gasteiger partial charge on any atom is -0.355 e. The summed E-state index contributed by atoms with van der Waals surface area (Å²) in [4.78, 5) is 27.5. The highest BCUT2D eigenvalue weighted by Crippen LogP contribution is 2.24. The van der Waals surface area contributed by atoms with E-state index >= 15 is 0 Å². The fourth-order valence-corrected chi connectivity index (χ4v) is 3.62. The third-order valence-corrected chi connectivity index (χ3v) is 5.35. The maximum absolute atomic E-state index is 12.0. The molecule has 146 valence electrons. The van der Waals surface area contributed by atoms with Gasteiger partial charge in [-0.05, 0) is 32.4 Å². The highest BCUT2D eigenvalue weighted by atomic mass is 16.2. The van der Waals surface area contributed by atoms with Crippen molar-refractivity contribution < 1.29 is 4.79 Å². The number of pyridine rings is 1. The maximum atomic E-state index is 12.0. The molecule has 0 aromatic carbocycles. The number of imidazole rings is 1. The lowest BCUT2D eigenvalue weighted by molar-refractivity contribution is 0.0952. The second kappa shape index (κ2) is 7.55. The predicted molar refractivity (Wildman–Crippen MR) is 108 cm³/mol. The summed E-state index contributed by atoms with van der Waals surface area (Å²) in [5, 5.41) is 6.24. The summed E-state index contributed by atoms with van der Waals surface area (Å²) in [5.74, 6) is 0.818. The molecule has 4 heterocycles. The van der Waals surface area contributed by atoms with Crippen LogP contribution in [0.25, 0.3) is 5.65 Å². The number of fused-ring (bicyclic) bond motifs is 1. The molecule has 1 atom stereocenters. The Morgan fingerprint density at radius 1 is 1.29 bits per heavy atom. The Morgan fingerprint density at radius 3 is 2.96 bits per heavy atom. The normalized spacial score (nSPS) is 16.7. The number of aryl methyl sites for hydroxylation is 1. The quantitative estimate of drug-likeness (QED) is 0.698. The molecule has 1 fully saturated rings. The number of carbonyl (C=O) groups is 1. The van der Waals surface area contributed by atoms with Crippen LogP contribution in [0, 0.1) is 13.8 Å². The van der Waals surface area contributed by atoms with Crippen LogP contribution in [-0.4, -0.2) is 51.4 Å². The third kappa shape index (κ3) is 3.43. The van der Waals surface area contributed by atoms with E-state index in [9.17, 15) is 4.79 Å². The molecule has 28 heavy (non-hydrogen) atoms. The summed E-state index contributed by atoms with van der Waals surface area (Å²) in [6.07, 6.45) is 4.98. The Kier molecular flexibility index (Phi) is 4.95. The Hall–Kier alpha value is -3.00. The molecule has 1 aliphatic rings. The average Bonchev–Trinajstić information content (AvgIpc) is 3.34. The van der Waals surface area contributed by atoms with Gasteiger partial charge in [-0.25, -0.2) is 15.0 Å². The van der Waals surface area contributed by atoms with Crippen molar-refractivity contribution in [1.29, 1.82) is 0 Å². The predicted octanol–water partition coefficient (Wildman–Crippen LogP) is 1.47. The number of hydrogen-bond donors (Lipinski definition) is 2. The van der Waals surface area contributed by atoms with Gasteiger partial charge in [-0.3, -0.25) is 4.79 Å². The van der Waals surface area contributed by atoms with Gasteiger partial charge < -0.3 is 19.9 Å². The van der Waals surface area contributed by atoms with Crippen molar-refractivity contribution in [2.75, 3.05) is 25.0 Å². The molecule has 0 aliphatic carbocycles. The second-order valence-corrected chi connectivity index (χ2v) is 7.15. The van der Waals surface area contributed by atoms with Crippen molar-refractivity contribution in [1.82, 2.24) is 30.0 Å². The first-order valence-electron chi connectivity index (χ1n) is 9.53. The van der Waals surface area contributed by atoms with Crippen LogP contribution in [-0.2, 0) is 6.54 Å². The fraction of sp³-hybridized carbons (Fsp3) is 0.400. The molecule has 3 aromatic heterocycles. The first kappa shape index (κ1) is 18.4. The van der Waals surface area contributed by atoms with E-state index in [2.05, 4.69) is 34.9 Å². The van der Waals surface area contributed by atoms with Gasteiger partial charge in [0.2, 0.25) is 5.82 Å². The first-order valence-corrected chi connectivity index (χ1v) is 9.53. The molecule has 8 nitrogen and oxygen atoms in total. The smallest absolute Gasteiger partial charge is 0.288 e. The van der Waals surface area contributed by atoms with E-state index in [4.69, 9.17) is 0 Å². The number of amides is 1. The molecule has 2 N–H and O–H groups in total. The van der Waals surface area contributed by atoms with Crippen LogP contribution in [0.1, 0.15) is 34.0 Å². The average molecular weight is 379 g/mol. The van der Waals surface area contributed by atoms with E-state index < -0.39 is 0 Å². The third-order valence-electron chi connectivity index (χ3n) is 5.35. The number of nitrogens with one attached hydrogen (secondary N) is 2. The van der Waals surface area contributed by atoms with Crippen LogP contribution >= 0.6 is 0 Å². The van der Waals surface area contributed by atoms with Gasteiger partial charge in [0.05, 0.1) is 11.9 Å². The molecular formula is C20H25N7O. The van der Waals surface area contributed by atoms with Crippen LogP contribution < -0.4 is 15.5 Å². The minimum atomic E-state index is -0.258. The van der Waals surface area contributed by atoms with Gasteiger partial charge in [0.15, 0.2) is 0 Å². The molecule has 0 unspecified atom stereocenters. The van der Waals surface area contributed by atoms with Crippen molar-refractivity contribution in [2.45, 2.75) is 32.9 Å². The molecule has 8 heteroatoms. The summed E-state index contributed by atoms with van der Waals surface area (Å²) in [7, 11) is 1.59. The van der Waals surface area contributed by atoms with E-state index in [0.717, 1.165) is 54.5 Å². The van der Waals surface area contributed by atoms with Gasteiger partial charge in [0.1, 0.15) is 11.5 Å². The van der Waals surface area contributed by atoms with Crippen molar-refractivity contribution in [3.05, 3.63) is 53.4 Å². The summed E-state index contributed by atoms with van der Waals surface area (Å²) in [6, 6.07) is 6.37. The van der Waals surface area contributed by atoms with Gasteiger partial charge in [0, 0.05) is 50.2 Å². The molecule has 1 saturated heterocycles.